The van der Waals surface area contributed by atoms with Crippen LogP contribution in [0, 0.1) is 0 Å². The lowest BCUT2D eigenvalue weighted by molar-refractivity contribution is -0.123. The number of carbonyl (C=O) groups excluding carboxylic acids is 1. The van der Waals surface area contributed by atoms with Crippen molar-refractivity contribution >= 4 is 49.9 Å². The van der Waals surface area contributed by atoms with Crippen LogP contribution in [-0.4, -0.2) is 17.0 Å². The highest BCUT2D eigenvalue weighted by Gasteiger charge is 2.35. The van der Waals surface area contributed by atoms with Crippen LogP contribution in [0.15, 0.2) is 72.8 Å². The second-order valence-electron chi connectivity index (χ2n) is 6.53. The monoisotopic (exact) mass is 406 g/mol. The van der Waals surface area contributed by atoms with Gasteiger partial charge in [0.25, 0.3) is 5.91 Å². The lowest BCUT2D eigenvalue weighted by Crippen LogP contribution is -2.38. The lowest BCUT2D eigenvalue weighted by atomic mass is 10.1. The smallest absolute Gasteiger partial charge is 0.274 e. The van der Waals surface area contributed by atoms with Crippen molar-refractivity contribution in [2.24, 2.45) is 0 Å². The lowest BCUT2D eigenvalue weighted by Gasteiger charge is -2.23. The van der Waals surface area contributed by atoms with E-state index in [4.69, 9.17) is 16.3 Å². The molecule has 28 heavy (non-hydrogen) atoms. The number of nitrogens with zero attached hydrogens (tertiary/aromatic N) is 2. The van der Waals surface area contributed by atoms with Crippen molar-refractivity contribution in [1.29, 1.82) is 0 Å². The summed E-state index contributed by atoms with van der Waals surface area (Å²) in [5.74, 6) is 0.624. The van der Waals surface area contributed by atoms with E-state index < -0.39 is 6.10 Å². The maximum absolute atomic E-state index is 13.5. The summed E-state index contributed by atoms with van der Waals surface area (Å²) in [6.45, 7) is 0. The number of benzene rings is 3. The molecule has 0 unspecified atom stereocenters. The van der Waals surface area contributed by atoms with E-state index in [2.05, 4.69) is 4.98 Å². The van der Waals surface area contributed by atoms with Crippen molar-refractivity contribution in [3.63, 3.8) is 0 Å². The molecule has 1 atom stereocenters. The Hall–Kier alpha value is -2.89. The molecule has 4 nitrogen and oxygen atoms in total. The van der Waals surface area contributed by atoms with Crippen LogP contribution >= 0.6 is 22.9 Å². The predicted molar refractivity (Wildman–Crippen MR) is 113 cm³/mol. The standard InChI is InChI=1S/C22H15ClN2O2S/c23-15-9-11-16(12-10-15)25(22-24-17-6-2-4-8-20(17)28-22)21(26)19-13-14-5-1-3-7-18(14)27-19/h1-12,19H,13H2/t19-/m1/s1. The van der Waals surface area contributed by atoms with Crippen LogP contribution in [0.1, 0.15) is 5.56 Å². The summed E-state index contributed by atoms with van der Waals surface area (Å²) in [5, 5.41) is 1.23. The molecule has 0 N–H and O–H groups in total. The average Bonchev–Trinajstić information content (AvgIpc) is 3.33. The second kappa shape index (κ2) is 6.93. The fraction of sp³-hybridized carbons (Fsp3) is 0.0909. The largest absolute Gasteiger partial charge is 0.480 e. The number of hydrogen-bond acceptors (Lipinski definition) is 4. The van der Waals surface area contributed by atoms with Gasteiger partial charge >= 0.3 is 0 Å². The van der Waals surface area contributed by atoms with Crippen LogP contribution < -0.4 is 9.64 Å². The van der Waals surface area contributed by atoms with Gasteiger partial charge in [0.2, 0.25) is 0 Å². The third-order valence-corrected chi connectivity index (χ3v) is 5.98. The normalized spacial score (nSPS) is 15.2. The van der Waals surface area contributed by atoms with Gasteiger partial charge in [0.1, 0.15) is 5.75 Å². The van der Waals surface area contributed by atoms with Gasteiger partial charge in [-0.3, -0.25) is 9.69 Å². The highest BCUT2D eigenvalue weighted by molar-refractivity contribution is 7.22. The molecule has 138 valence electrons. The number of thiazole rings is 1. The molecule has 0 fully saturated rings. The number of hydrogen-bond donors (Lipinski definition) is 0. The first kappa shape index (κ1) is 17.2. The Bertz CT molecular complexity index is 1110. The van der Waals surface area contributed by atoms with Gasteiger partial charge in [-0.25, -0.2) is 4.98 Å². The number of amides is 1. The molecule has 0 aliphatic carbocycles. The van der Waals surface area contributed by atoms with Gasteiger partial charge in [-0.1, -0.05) is 53.3 Å². The SMILES string of the molecule is O=C([C@H]1Cc2ccccc2O1)N(c1ccc(Cl)cc1)c1nc2ccccc2s1. The zero-order chi connectivity index (χ0) is 19.1. The van der Waals surface area contributed by atoms with E-state index in [-0.39, 0.29) is 5.91 Å². The first-order chi connectivity index (χ1) is 13.7. The molecule has 0 spiro atoms. The van der Waals surface area contributed by atoms with Gasteiger partial charge < -0.3 is 4.74 Å². The molecule has 3 aromatic carbocycles. The molecule has 1 aromatic heterocycles. The third-order valence-electron chi connectivity index (χ3n) is 4.70. The number of aromatic nitrogens is 1. The van der Waals surface area contributed by atoms with E-state index in [0.717, 1.165) is 21.5 Å². The fourth-order valence-corrected chi connectivity index (χ4v) is 4.46. The number of para-hydroxylation sites is 2. The zero-order valence-electron chi connectivity index (χ0n) is 14.7. The number of halogens is 1. The van der Waals surface area contributed by atoms with Crippen molar-refractivity contribution in [2.75, 3.05) is 4.90 Å². The molecule has 5 rings (SSSR count). The molecular formula is C22H15ClN2O2S. The van der Waals surface area contributed by atoms with Crippen LogP contribution in [0.3, 0.4) is 0 Å². The molecule has 1 amide bonds. The average molecular weight is 407 g/mol. The minimum absolute atomic E-state index is 0.141. The van der Waals surface area contributed by atoms with E-state index >= 15 is 0 Å². The van der Waals surface area contributed by atoms with Crippen molar-refractivity contribution in [2.45, 2.75) is 12.5 Å². The van der Waals surface area contributed by atoms with Gasteiger partial charge in [-0.2, -0.15) is 0 Å². The minimum atomic E-state index is -0.583. The maximum atomic E-state index is 13.5. The first-order valence-corrected chi connectivity index (χ1v) is 10.1. The fourth-order valence-electron chi connectivity index (χ4n) is 3.34. The van der Waals surface area contributed by atoms with Gasteiger partial charge in [-0.15, -0.1) is 0 Å². The highest BCUT2D eigenvalue weighted by Crippen LogP contribution is 2.36. The molecule has 1 aliphatic rings. The van der Waals surface area contributed by atoms with Crippen LogP contribution in [0.4, 0.5) is 10.8 Å². The summed E-state index contributed by atoms with van der Waals surface area (Å²) in [6.07, 6.45) is -0.0376. The molecule has 2 heterocycles. The van der Waals surface area contributed by atoms with Crippen LogP contribution in [0.25, 0.3) is 10.2 Å². The minimum Gasteiger partial charge on any atom is -0.480 e. The molecule has 4 aromatic rings. The van der Waals surface area contributed by atoms with Crippen molar-refractivity contribution in [3.05, 3.63) is 83.4 Å². The Labute approximate surface area is 171 Å². The van der Waals surface area contributed by atoms with Crippen LogP contribution in [0.5, 0.6) is 5.75 Å². The van der Waals surface area contributed by atoms with Crippen molar-refractivity contribution < 1.29 is 9.53 Å². The molecular weight excluding hydrogens is 392 g/mol. The third kappa shape index (κ3) is 3.03. The summed E-state index contributed by atoms with van der Waals surface area (Å²) >= 11 is 7.53. The molecule has 0 saturated heterocycles. The van der Waals surface area contributed by atoms with Gasteiger partial charge in [-0.05, 0) is 48.0 Å². The Morgan fingerprint density at radius 1 is 1.04 bits per heavy atom. The van der Waals surface area contributed by atoms with Crippen molar-refractivity contribution in [1.82, 2.24) is 4.98 Å². The van der Waals surface area contributed by atoms with Crippen LogP contribution in [0.2, 0.25) is 5.02 Å². The Balaban J connectivity index is 1.56. The molecule has 6 heteroatoms. The van der Waals surface area contributed by atoms with E-state index in [1.54, 1.807) is 17.0 Å². The Kier molecular flexibility index (Phi) is 4.26. The number of fused-ring (bicyclic) bond motifs is 2. The van der Waals surface area contributed by atoms with E-state index in [9.17, 15) is 4.79 Å². The predicted octanol–water partition coefficient (Wildman–Crippen LogP) is 5.62. The van der Waals surface area contributed by atoms with E-state index in [1.165, 1.54) is 11.3 Å². The van der Waals surface area contributed by atoms with Gasteiger partial charge in [0.05, 0.1) is 15.9 Å². The molecule has 0 radical (unpaired) electrons. The summed E-state index contributed by atoms with van der Waals surface area (Å²) in [7, 11) is 0. The van der Waals surface area contributed by atoms with Crippen molar-refractivity contribution in [3.8, 4) is 5.75 Å². The Morgan fingerprint density at radius 3 is 2.57 bits per heavy atom. The molecule has 0 saturated carbocycles. The number of rotatable bonds is 3. The molecule has 1 aliphatic heterocycles. The number of carbonyl (C=O) groups is 1. The maximum Gasteiger partial charge on any atom is 0.274 e. The topological polar surface area (TPSA) is 42.4 Å². The summed E-state index contributed by atoms with van der Waals surface area (Å²) < 4.78 is 6.98. The first-order valence-electron chi connectivity index (χ1n) is 8.89. The van der Waals surface area contributed by atoms with Gasteiger partial charge in [0.15, 0.2) is 11.2 Å². The van der Waals surface area contributed by atoms with E-state index in [1.807, 2.05) is 60.7 Å². The van der Waals surface area contributed by atoms with Gasteiger partial charge in [0, 0.05) is 11.4 Å². The summed E-state index contributed by atoms with van der Waals surface area (Å²) in [4.78, 5) is 19.8. The van der Waals surface area contributed by atoms with E-state index in [0.29, 0.717) is 22.3 Å². The quantitative estimate of drug-likeness (QED) is 0.443. The number of anilines is 2. The zero-order valence-corrected chi connectivity index (χ0v) is 16.3. The molecule has 0 bridgehead atoms. The van der Waals surface area contributed by atoms with Crippen LogP contribution in [-0.2, 0) is 11.2 Å². The number of ether oxygens (including phenoxy) is 1. The summed E-state index contributed by atoms with van der Waals surface area (Å²) in [6, 6.07) is 22.8. The second-order valence-corrected chi connectivity index (χ2v) is 7.98. The summed E-state index contributed by atoms with van der Waals surface area (Å²) in [5.41, 5.74) is 2.62. The highest BCUT2D eigenvalue weighted by atomic mass is 35.5. The Morgan fingerprint density at radius 2 is 1.79 bits per heavy atom.